The van der Waals surface area contributed by atoms with Gasteiger partial charge in [0.25, 0.3) is 0 Å². The summed E-state index contributed by atoms with van der Waals surface area (Å²) in [6.45, 7) is 9.27. The molecule has 0 spiro atoms. The van der Waals surface area contributed by atoms with Gasteiger partial charge < -0.3 is 14.8 Å². The first-order valence-electron chi connectivity index (χ1n) is 7.21. The van der Waals surface area contributed by atoms with Crippen LogP contribution >= 0.6 is 0 Å². The summed E-state index contributed by atoms with van der Waals surface area (Å²) in [5.41, 5.74) is -0.0440. The highest BCUT2D eigenvalue weighted by atomic mass is 16.6. The zero-order valence-electron chi connectivity index (χ0n) is 13.1. The topological polar surface area (TPSA) is 73.6 Å². The fraction of sp³-hybridized carbons (Fsp3) is 0.600. The predicted molar refractivity (Wildman–Crippen MR) is 82.1 cm³/mol. The van der Waals surface area contributed by atoms with Crippen molar-refractivity contribution in [2.45, 2.75) is 46.3 Å². The van der Waals surface area contributed by atoms with Crippen molar-refractivity contribution in [2.24, 2.45) is 0 Å². The molecule has 0 saturated heterocycles. The molecule has 1 N–H and O–H groups in total. The number of hydrogen-bond donors (Lipinski definition) is 1. The zero-order valence-corrected chi connectivity index (χ0v) is 13.1. The Morgan fingerprint density at radius 2 is 2.00 bits per heavy atom. The van der Waals surface area contributed by atoms with Gasteiger partial charge in [-0.25, -0.2) is 0 Å². The van der Waals surface area contributed by atoms with E-state index >= 15 is 0 Å². The zero-order chi connectivity index (χ0) is 15.8. The van der Waals surface area contributed by atoms with Crippen LogP contribution in [0.25, 0.3) is 0 Å². The number of ether oxygens (including phenoxy) is 2. The molecule has 0 unspecified atom stereocenters. The minimum atomic E-state index is -0.450. The Balaban J connectivity index is 2.61. The monoisotopic (exact) mass is 296 g/mol. The Morgan fingerprint density at radius 1 is 1.29 bits per heavy atom. The van der Waals surface area contributed by atoms with Crippen molar-refractivity contribution in [2.75, 3.05) is 13.2 Å². The van der Waals surface area contributed by atoms with E-state index in [0.29, 0.717) is 18.4 Å². The van der Waals surface area contributed by atoms with Gasteiger partial charge in [-0.05, 0) is 32.9 Å². The largest absolute Gasteiger partial charge is 0.493 e. The van der Waals surface area contributed by atoms with Crippen molar-refractivity contribution in [3.8, 4) is 11.5 Å². The number of nitrogens with one attached hydrogen (secondary N) is 1. The Bertz CT molecular complexity index is 461. The van der Waals surface area contributed by atoms with E-state index < -0.39 is 4.92 Å². The lowest BCUT2D eigenvalue weighted by Crippen LogP contribution is -2.24. The van der Waals surface area contributed by atoms with Crippen LogP contribution in [-0.4, -0.2) is 30.2 Å². The van der Waals surface area contributed by atoms with Gasteiger partial charge in [-0.3, -0.25) is 10.1 Å². The fourth-order valence-corrected chi connectivity index (χ4v) is 1.74. The number of nitro groups is 1. The molecule has 0 atom stereocenters. The predicted octanol–water partition coefficient (Wildman–Crippen LogP) is 3.15. The Labute approximate surface area is 125 Å². The van der Waals surface area contributed by atoms with E-state index in [4.69, 9.17) is 9.47 Å². The fourth-order valence-electron chi connectivity index (χ4n) is 1.74. The molecule has 6 heteroatoms. The summed E-state index contributed by atoms with van der Waals surface area (Å²) in [6.07, 6.45) is 0.740. The summed E-state index contributed by atoms with van der Waals surface area (Å²) in [5.74, 6) is 0.827. The van der Waals surface area contributed by atoms with Crippen molar-refractivity contribution >= 4 is 5.69 Å². The second-order valence-electron chi connectivity index (χ2n) is 5.36. The van der Waals surface area contributed by atoms with Crippen LogP contribution in [0.1, 0.15) is 34.1 Å². The lowest BCUT2D eigenvalue weighted by molar-refractivity contribution is -0.386. The SMILES string of the molecule is CC(C)NCCCOc1ccc([N+](=O)[O-])c(OC(C)C)c1. The summed E-state index contributed by atoms with van der Waals surface area (Å²) < 4.78 is 11.1. The van der Waals surface area contributed by atoms with Crippen LogP contribution in [0.2, 0.25) is 0 Å². The maximum absolute atomic E-state index is 11.0. The van der Waals surface area contributed by atoms with E-state index in [1.807, 2.05) is 13.8 Å². The molecule has 1 aromatic carbocycles. The first-order valence-corrected chi connectivity index (χ1v) is 7.21. The van der Waals surface area contributed by atoms with Gasteiger partial charge in [0.2, 0.25) is 5.75 Å². The van der Waals surface area contributed by atoms with Crippen LogP contribution in [0.4, 0.5) is 5.69 Å². The van der Waals surface area contributed by atoms with Crippen LogP contribution in [0.15, 0.2) is 18.2 Å². The standard InChI is InChI=1S/C15H24N2O4/c1-11(2)16-8-5-9-20-13-6-7-14(17(18)19)15(10-13)21-12(3)4/h6-7,10-12,16H,5,8-9H2,1-4H3. The lowest BCUT2D eigenvalue weighted by atomic mass is 10.2. The van der Waals surface area contributed by atoms with Crippen molar-refractivity contribution in [1.82, 2.24) is 5.32 Å². The third-order valence-electron chi connectivity index (χ3n) is 2.63. The molecule has 0 fully saturated rings. The van der Waals surface area contributed by atoms with E-state index in [0.717, 1.165) is 13.0 Å². The van der Waals surface area contributed by atoms with Gasteiger partial charge in [0.15, 0.2) is 0 Å². The molecule has 6 nitrogen and oxygen atoms in total. The lowest BCUT2D eigenvalue weighted by Gasteiger charge is -2.12. The van der Waals surface area contributed by atoms with Crippen LogP contribution < -0.4 is 14.8 Å². The van der Waals surface area contributed by atoms with Crippen molar-refractivity contribution in [1.29, 1.82) is 0 Å². The highest BCUT2D eigenvalue weighted by Gasteiger charge is 2.17. The molecule has 0 saturated carbocycles. The number of hydrogen-bond acceptors (Lipinski definition) is 5. The van der Waals surface area contributed by atoms with Gasteiger partial charge in [-0.2, -0.15) is 0 Å². The summed E-state index contributed by atoms with van der Waals surface area (Å²) >= 11 is 0. The molecule has 118 valence electrons. The third-order valence-corrected chi connectivity index (χ3v) is 2.63. The van der Waals surface area contributed by atoms with Gasteiger partial charge in [-0.1, -0.05) is 13.8 Å². The molecule has 0 aliphatic carbocycles. The normalized spacial score (nSPS) is 11.0. The summed E-state index contributed by atoms with van der Waals surface area (Å²) in [6, 6.07) is 5.05. The van der Waals surface area contributed by atoms with E-state index in [-0.39, 0.29) is 17.5 Å². The molecule has 0 aliphatic rings. The number of nitro benzene ring substituents is 1. The summed E-state index contributed by atoms with van der Waals surface area (Å²) in [7, 11) is 0. The molecule has 0 bridgehead atoms. The van der Waals surface area contributed by atoms with Crippen LogP contribution in [0, 0.1) is 10.1 Å². The van der Waals surface area contributed by atoms with Gasteiger partial charge in [0.05, 0.1) is 17.6 Å². The Morgan fingerprint density at radius 3 is 2.57 bits per heavy atom. The van der Waals surface area contributed by atoms with Gasteiger partial charge >= 0.3 is 5.69 Å². The highest BCUT2D eigenvalue weighted by molar-refractivity contribution is 5.50. The highest BCUT2D eigenvalue weighted by Crippen LogP contribution is 2.31. The van der Waals surface area contributed by atoms with Crippen molar-refractivity contribution in [3.63, 3.8) is 0 Å². The number of nitrogens with zero attached hydrogens (tertiary/aromatic N) is 1. The second kappa shape index (κ2) is 8.46. The van der Waals surface area contributed by atoms with Gasteiger partial charge in [-0.15, -0.1) is 0 Å². The maximum atomic E-state index is 11.0. The molecular weight excluding hydrogens is 272 g/mol. The summed E-state index contributed by atoms with van der Waals surface area (Å²) in [5, 5.41) is 14.3. The summed E-state index contributed by atoms with van der Waals surface area (Å²) in [4.78, 5) is 10.5. The van der Waals surface area contributed by atoms with Gasteiger partial charge in [0.1, 0.15) is 5.75 Å². The average Bonchev–Trinajstić information content (AvgIpc) is 2.37. The molecule has 0 amide bonds. The molecule has 1 rings (SSSR count). The first kappa shape index (κ1) is 17.2. The molecule has 0 aliphatic heterocycles. The molecule has 0 radical (unpaired) electrons. The molecular formula is C15H24N2O4. The Kier molecular flexibility index (Phi) is 6.94. The first-order chi connectivity index (χ1) is 9.90. The van der Waals surface area contributed by atoms with E-state index in [1.165, 1.54) is 6.07 Å². The minimum Gasteiger partial charge on any atom is -0.493 e. The van der Waals surface area contributed by atoms with E-state index in [1.54, 1.807) is 12.1 Å². The molecule has 0 heterocycles. The van der Waals surface area contributed by atoms with Crippen LogP contribution in [0.5, 0.6) is 11.5 Å². The van der Waals surface area contributed by atoms with Gasteiger partial charge in [0, 0.05) is 18.2 Å². The Hall–Kier alpha value is -1.82. The molecule has 0 aromatic heterocycles. The smallest absolute Gasteiger partial charge is 0.311 e. The molecule has 21 heavy (non-hydrogen) atoms. The molecule has 1 aromatic rings. The minimum absolute atomic E-state index is 0.0440. The van der Waals surface area contributed by atoms with Crippen molar-refractivity contribution in [3.05, 3.63) is 28.3 Å². The third kappa shape index (κ3) is 6.44. The quantitative estimate of drug-likeness (QED) is 0.430. The maximum Gasteiger partial charge on any atom is 0.311 e. The average molecular weight is 296 g/mol. The second-order valence-corrected chi connectivity index (χ2v) is 5.36. The van der Waals surface area contributed by atoms with Crippen LogP contribution in [-0.2, 0) is 0 Å². The van der Waals surface area contributed by atoms with Crippen LogP contribution in [0.3, 0.4) is 0 Å². The number of benzene rings is 1. The number of rotatable bonds is 9. The van der Waals surface area contributed by atoms with E-state index in [2.05, 4.69) is 19.2 Å². The van der Waals surface area contributed by atoms with E-state index in [9.17, 15) is 10.1 Å². The van der Waals surface area contributed by atoms with Crippen molar-refractivity contribution < 1.29 is 14.4 Å².